The molecule has 0 saturated heterocycles. The summed E-state index contributed by atoms with van der Waals surface area (Å²) in [5.74, 6) is 1.69. The van der Waals surface area contributed by atoms with Crippen molar-refractivity contribution in [2.45, 2.75) is 44.2 Å². The first-order chi connectivity index (χ1) is 11.1. The fraction of sp³-hybridized carbons (Fsp3) is 0.421. The smallest absolute Gasteiger partial charge is 0.227 e. The van der Waals surface area contributed by atoms with Crippen LogP contribution in [0.2, 0.25) is 0 Å². The number of hydrogen-bond acceptors (Lipinski definition) is 2. The van der Waals surface area contributed by atoms with Gasteiger partial charge in [-0.15, -0.1) is 0 Å². The van der Waals surface area contributed by atoms with E-state index in [1.165, 1.54) is 5.56 Å². The molecule has 4 rings (SSSR count). The monoisotopic (exact) mass is 373 g/mol. The Hall–Kier alpha value is -1.55. The second-order valence-corrected chi connectivity index (χ2v) is 7.58. The van der Waals surface area contributed by atoms with Crippen LogP contribution in [-0.4, -0.2) is 16.8 Å². The van der Waals surface area contributed by atoms with Crippen LogP contribution in [0.3, 0.4) is 0 Å². The number of hydrogen-bond donors (Lipinski definition) is 0. The number of nitrogens with zero attached hydrogens (tertiary/aromatic N) is 1. The molecule has 1 amide bonds. The van der Waals surface area contributed by atoms with Crippen molar-refractivity contribution < 1.29 is 9.21 Å². The van der Waals surface area contributed by atoms with Crippen molar-refractivity contribution >= 4 is 21.8 Å². The van der Waals surface area contributed by atoms with Crippen LogP contribution in [0.25, 0.3) is 0 Å². The summed E-state index contributed by atoms with van der Waals surface area (Å²) >= 11 is 3.47. The third-order valence-electron chi connectivity index (χ3n) is 4.97. The maximum absolute atomic E-state index is 13.0. The minimum Gasteiger partial charge on any atom is -0.467 e. The Balaban J connectivity index is 1.50. The first-order valence-corrected chi connectivity index (χ1v) is 9.05. The lowest BCUT2D eigenvalue weighted by molar-refractivity contribution is -0.136. The summed E-state index contributed by atoms with van der Waals surface area (Å²) in [5, 5.41) is 0. The topological polar surface area (TPSA) is 33.5 Å². The van der Waals surface area contributed by atoms with E-state index in [0.29, 0.717) is 17.9 Å². The fourth-order valence-electron chi connectivity index (χ4n) is 3.44. The summed E-state index contributed by atoms with van der Waals surface area (Å²) < 4.78 is 6.61. The highest BCUT2D eigenvalue weighted by Crippen LogP contribution is 2.50. The second kappa shape index (κ2) is 5.82. The Morgan fingerprint density at radius 1 is 1.26 bits per heavy atom. The summed E-state index contributed by atoms with van der Waals surface area (Å²) in [7, 11) is 0. The van der Waals surface area contributed by atoms with E-state index in [0.717, 1.165) is 29.5 Å². The van der Waals surface area contributed by atoms with Gasteiger partial charge < -0.3 is 9.32 Å². The van der Waals surface area contributed by atoms with Gasteiger partial charge in [-0.3, -0.25) is 4.79 Å². The molecule has 2 aliphatic rings. The molecule has 2 aliphatic carbocycles. The van der Waals surface area contributed by atoms with Crippen molar-refractivity contribution in [3.05, 3.63) is 58.5 Å². The Bertz CT molecular complexity index is 691. The molecule has 0 radical (unpaired) electrons. The van der Waals surface area contributed by atoms with Crippen molar-refractivity contribution in [3.63, 3.8) is 0 Å². The number of carbonyl (C=O) groups is 1. The van der Waals surface area contributed by atoms with E-state index in [-0.39, 0.29) is 12.0 Å². The predicted molar refractivity (Wildman–Crippen MR) is 92.0 cm³/mol. The average Bonchev–Trinajstić information content (AvgIpc) is 3.47. The number of benzene rings is 1. The summed E-state index contributed by atoms with van der Waals surface area (Å²) in [5.41, 5.74) is 1.27. The van der Waals surface area contributed by atoms with E-state index in [4.69, 9.17) is 4.42 Å². The predicted octanol–water partition coefficient (Wildman–Crippen LogP) is 4.90. The lowest BCUT2D eigenvalue weighted by atomic mass is 10.1. The molecular formula is C19H20BrNO2. The molecule has 2 fully saturated rings. The standard InChI is InChI=1S/C19H20BrNO2/c1-12(18-3-2-10-23-18)21(15-8-9-15)19(22)17-11-16(17)13-4-6-14(20)7-5-13/h2-7,10,12,15-17H,8-9,11H2,1H3/t12-,16-,17+/m1/s1. The van der Waals surface area contributed by atoms with Gasteiger partial charge in [-0.05, 0) is 61.9 Å². The van der Waals surface area contributed by atoms with Crippen LogP contribution in [-0.2, 0) is 4.79 Å². The van der Waals surface area contributed by atoms with Gasteiger partial charge in [-0.1, -0.05) is 28.1 Å². The SMILES string of the molecule is C[C@H](c1ccco1)N(C(=O)[C@H]1C[C@@H]1c1ccc(Br)cc1)C1CC1. The summed E-state index contributed by atoms with van der Waals surface area (Å²) in [6.45, 7) is 2.08. The van der Waals surface area contributed by atoms with Crippen molar-refractivity contribution in [3.8, 4) is 0 Å². The van der Waals surface area contributed by atoms with Gasteiger partial charge in [0.05, 0.1) is 12.3 Å². The van der Waals surface area contributed by atoms with Crippen LogP contribution in [0.1, 0.15) is 49.5 Å². The molecule has 1 aromatic carbocycles. The Kier molecular flexibility index (Phi) is 3.80. The maximum atomic E-state index is 13.0. The van der Waals surface area contributed by atoms with Gasteiger partial charge in [-0.25, -0.2) is 0 Å². The van der Waals surface area contributed by atoms with Crippen LogP contribution in [0.15, 0.2) is 51.6 Å². The molecule has 0 spiro atoms. The van der Waals surface area contributed by atoms with Gasteiger partial charge in [0.15, 0.2) is 0 Å². The van der Waals surface area contributed by atoms with Crippen molar-refractivity contribution in [2.24, 2.45) is 5.92 Å². The first-order valence-electron chi connectivity index (χ1n) is 8.26. The average molecular weight is 374 g/mol. The zero-order valence-electron chi connectivity index (χ0n) is 13.1. The molecule has 0 aliphatic heterocycles. The Morgan fingerprint density at radius 2 is 2.00 bits per heavy atom. The largest absolute Gasteiger partial charge is 0.467 e. The van der Waals surface area contributed by atoms with Crippen LogP contribution in [0.4, 0.5) is 0 Å². The quantitative estimate of drug-likeness (QED) is 0.746. The van der Waals surface area contributed by atoms with Crippen LogP contribution in [0, 0.1) is 5.92 Å². The van der Waals surface area contributed by atoms with E-state index >= 15 is 0 Å². The maximum Gasteiger partial charge on any atom is 0.227 e. The van der Waals surface area contributed by atoms with E-state index in [2.05, 4.69) is 52.0 Å². The zero-order valence-corrected chi connectivity index (χ0v) is 14.7. The summed E-state index contributed by atoms with van der Waals surface area (Å²) in [4.78, 5) is 15.1. The molecule has 2 saturated carbocycles. The highest BCUT2D eigenvalue weighted by molar-refractivity contribution is 9.10. The molecule has 120 valence electrons. The van der Waals surface area contributed by atoms with Crippen molar-refractivity contribution in [2.75, 3.05) is 0 Å². The first kappa shape index (κ1) is 15.0. The number of furan rings is 1. The highest BCUT2D eigenvalue weighted by atomic mass is 79.9. The lowest BCUT2D eigenvalue weighted by Gasteiger charge is -2.28. The van der Waals surface area contributed by atoms with Crippen LogP contribution < -0.4 is 0 Å². The minimum absolute atomic E-state index is 0.0242. The van der Waals surface area contributed by atoms with Crippen molar-refractivity contribution in [1.82, 2.24) is 4.90 Å². The molecule has 3 atom stereocenters. The fourth-order valence-corrected chi connectivity index (χ4v) is 3.71. The molecule has 0 N–H and O–H groups in total. The zero-order chi connectivity index (χ0) is 16.0. The molecular weight excluding hydrogens is 354 g/mol. The molecule has 3 nitrogen and oxygen atoms in total. The van der Waals surface area contributed by atoms with E-state index in [1.54, 1.807) is 6.26 Å². The van der Waals surface area contributed by atoms with Crippen LogP contribution >= 0.6 is 15.9 Å². The second-order valence-electron chi connectivity index (χ2n) is 6.67. The highest BCUT2D eigenvalue weighted by Gasteiger charge is 2.49. The van der Waals surface area contributed by atoms with E-state index in [9.17, 15) is 4.79 Å². The van der Waals surface area contributed by atoms with Crippen molar-refractivity contribution in [1.29, 1.82) is 0 Å². The normalized spacial score (nSPS) is 24.3. The van der Waals surface area contributed by atoms with Gasteiger partial charge in [0.2, 0.25) is 5.91 Å². The third-order valence-corrected chi connectivity index (χ3v) is 5.50. The van der Waals surface area contributed by atoms with E-state index in [1.807, 2.05) is 12.1 Å². The number of amides is 1. The number of carbonyl (C=O) groups excluding carboxylic acids is 1. The minimum atomic E-state index is 0.0242. The van der Waals surface area contributed by atoms with Gasteiger partial charge in [0.25, 0.3) is 0 Å². The van der Waals surface area contributed by atoms with Crippen LogP contribution in [0.5, 0.6) is 0 Å². The third kappa shape index (κ3) is 2.97. The number of halogens is 1. The van der Waals surface area contributed by atoms with Gasteiger partial charge in [-0.2, -0.15) is 0 Å². The Morgan fingerprint density at radius 3 is 2.61 bits per heavy atom. The summed E-state index contributed by atoms with van der Waals surface area (Å²) in [6, 6.07) is 12.6. The molecule has 0 unspecified atom stereocenters. The molecule has 23 heavy (non-hydrogen) atoms. The molecule has 4 heteroatoms. The molecule has 1 aromatic heterocycles. The van der Waals surface area contributed by atoms with E-state index < -0.39 is 0 Å². The molecule has 1 heterocycles. The van der Waals surface area contributed by atoms with Gasteiger partial charge in [0, 0.05) is 16.4 Å². The van der Waals surface area contributed by atoms with Gasteiger partial charge in [0.1, 0.15) is 5.76 Å². The molecule has 2 aromatic rings. The Labute approximate surface area is 144 Å². The number of rotatable bonds is 5. The van der Waals surface area contributed by atoms with Gasteiger partial charge >= 0.3 is 0 Å². The molecule has 0 bridgehead atoms. The lowest BCUT2D eigenvalue weighted by Crippen LogP contribution is -2.36. The summed E-state index contributed by atoms with van der Waals surface area (Å²) in [6.07, 6.45) is 4.89.